The monoisotopic (exact) mass is 239 g/mol. The van der Waals surface area contributed by atoms with E-state index in [9.17, 15) is 0 Å². The zero-order valence-corrected chi connectivity index (χ0v) is 11.6. The van der Waals surface area contributed by atoms with Crippen molar-refractivity contribution in [1.29, 1.82) is 0 Å². The van der Waals surface area contributed by atoms with Crippen LogP contribution < -0.4 is 5.32 Å². The minimum absolute atomic E-state index is 0.925. The third-order valence-electron chi connectivity index (χ3n) is 4.84. The van der Waals surface area contributed by atoms with Crippen molar-refractivity contribution in [3.05, 3.63) is 0 Å². The topological polar surface area (TPSA) is 21.3 Å². The fourth-order valence-electron chi connectivity index (χ4n) is 3.79. The number of ether oxygens (including phenoxy) is 1. The Balaban J connectivity index is 1.92. The largest absolute Gasteiger partial charge is 0.381 e. The molecule has 0 aromatic heterocycles. The molecule has 2 heteroatoms. The second-order valence-electron chi connectivity index (χ2n) is 6.10. The summed E-state index contributed by atoms with van der Waals surface area (Å²) in [5.74, 6) is 3.77. The Morgan fingerprint density at radius 3 is 2.59 bits per heavy atom. The molecule has 3 atom stereocenters. The average molecular weight is 239 g/mol. The second kappa shape index (κ2) is 6.75. The van der Waals surface area contributed by atoms with Gasteiger partial charge in [-0.25, -0.2) is 0 Å². The minimum atomic E-state index is 0.925. The molecule has 1 saturated heterocycles. The Kier molecular flexibility index (Phi) is 5.30. The number of hydrogen-bond acceptors (Lipinski definition) is 2. The van der Waals surface area contributed by atoms with Gasteiger partial charge in [0.1, 0.15) is 0 Å². The van der Waals surface area contributed by atoms with Crippen molar-refractivity contribution in [3.8, 4) is 0 Å². The summed E-state index contributed by atoms with van der Waals surface area (Å²) in [4.78, 5) is 0. The van der Waals surface area contributed by atoms with Crippen LogP contribution in [-0.4, -0.2) is 26.3 Å². The second-order valence-corrected chi connectivity index (χ2v) is 6.10. The third-order valence-corrected chi connectivity index (χ3v) is 4.84. The predicted octanol–water partition coefficient (Wildman–Crippen LogP) is 3.07. The molecule has 0 aromatic rings. The van der Waals surface area contributed by atoms with Crippen LogP contribution in [-0.2, 0) is 4.74 Å². The van der Waals surface area contributed by atoms with Crippen LogP contribution in [0.3, 0.4) is 0 Å². The summed E-state index contributed by atoms with van der Waals surface area (Å²) in [6, 6.07) is 0. The van der Waals surface area contributed by atoms with Crippen LogP contribution in [0.2, 0.25) is 0 Å². The van der Waals surface area contributed by atoms with E-state index in [-0.39, 0.29) is 0 Å². The van der Waals surface area contributed by atoms with Crippen molar-refractivity contribution in [2.75, 3.05) is 26.3 Å². The van der Waals surface area contributed by atoms with E-state index in [0.717, 1.165) is 43.4 Å². The van der Waals surface area contributed by atoms with Crippen LogP contribution in [0.4, 0.5) is 0 Å². The Labute approximate surface area is 107 Å². The molecule has 0 radical (unpaired) electrons. The van der Waals surface area contributed by atoms with E-state index in [4.69, 9.17) is 4.74 Å². The van der Waals surface area contributed by atoms with Gasteiger partial charge in [0.25, 0.3) is 0 Å². The molecule has 2 rings (SSSR count). The smallest absolute Gasteiger partial charge is 0.0468 e. The maximum absolute atomic E-state index is 5.52. The van der Waals surface area contributed by atoms with Gasteiger partial charge in [-0.15, -0.1) is 0 Å². The summed E-state index contributed by atoms with van der Waals surface area (Å²) < 4.78 is 5.52. The van der Waals surface area contributed by atoms with Gasteiger partial charge in [-0.05, 0) is 62.4 Å². The summed E-state index contributed by atoms with van der Waals surface area (Å²) in [5, 5.41) is 3.57. The fourth-order valence-corrected chi connectivity index (χ4v) is 3.79. The molecule has 0 spiro atoms. The first-order chi connectivity index (χ1) is 8.31. The molecule has 0 aromatic carbocycles. The van der Waals surface area contributed by atoms with Gasteiger partial charge in [0.05, 0.1) is 0 Å². The van der Waals surface area contributed by atoms with Gasteiger partial charge in [0, 0.05) is 13.2 Å². The van der Waals surface area contributed by atoms with Crippen molar-refractivity contribution in [3.63, 3.8) is 0 Å². The van der Waals surface area contributed by atoms with E-state index in [1.807, 2.05) is 0 Å². The van der Waals surface area contributed by atoms with Gasteiger partial charge in [0.15, 0.2) is 0 Å². The number of nitrogens with one attached hydrogen (secondary N) is 1. The molecule has 2 nitrogen and oxygen atoms in total. The lowest BCUT2D eigenvalue weighted by molar-refractivity contribution is 0.0160. The van der Waals surface area contributed by atoms with Crippen LogP contribution in [0.15, 0.2) is 0 Å². The fraction of sp³-hybridized carbons (Fsp3) is 1.00. The van der Waals surface area contributed by atoms with Gasteiger partial charge in [-0.1, -0.05) is 20.3 Å². The average Bonchev–Trinajstić information content (AvgIpc) is 2.38. The predicted molar refractivity (Wildman–Crippen MR) is 72.1 cm³/mol. The lowest BCUT2D eigenvalue weighted by Crippen LogP contribution is -2.38. The molecule has 0 amide bonds. The van der Waals surface area contributed by atoms with Gasteiger partial charge in [-0.3, -0.25) is 0 Å². The molecule has 3 unspecified atom stereocenters. The molecular weight excluding hydrogens is 210 g/mol. The molecule has 1 aliphatic heterocycles. The first-order valence-corrected chi connectivity index (χ1v) is 7.59. The maximum atomic E-state index is 5.52. The molecular formula is C15H29NO. The quantitative estimate of drug-likeness (QED) is 0.814. The lowest BCUT2D eigenvalue weighted by Gasteiger charge is -2.41. The zero-order valence-electron chi connectivity index (χ0n) is 11.6. The molecule has 1 N–H and O–H groups in total. The Morgan fingerprint density at radius 1 is 1.12 bits per heavy atom. The summed E-state index contributed by atoms with van der Waals surface area (Å²) >= 11 is 0. The molecule has 100 valence electrons. The van der Waals surface area contributed by atoms with Crippen molar-refractivity contribution in [2.24, 2.45) is 23.7 Å². The van der Waals surface area contributed by atoms with Gasteiger partial charge in [0.2, 0.25) is 0 Å². The normalized spacial score (nSPS) is 36.0. The zero-order chi connectivity index (χ0) is 12.1. The van der Waals surface area contributed by atoms with E-state index >= 15 is 0 Å². The highest BCUT2D eigenvalue weighted by molar-refractivity contribution is 4.85. The summed E-state index contributed by atoms with van der Waals surface area (Å²) in [5.41, 5.74) is 0. The van der Waals surface area contributed by atoms with Crippen LogP contribution >= 0.6 is 0 Å². The maximum Gasteiger partial charge on any atom is 0.0468 e. The van der Waals surface area contributed by atoms with Crippen molar-refractivity contribution in [1.82, 2.24) is 5.32 Å². The molecule has 2 aliphatic rings. The van der Waals surface area contributed by atoms with Crippen LogP contribution in [0.1, 0.15) is 46.0 Å². The Bertz CT molecular complexity index is 211. The summed E-state index contributed by atoms with van der Waals surface area (Å²) in [6.45, 7) is 9.02. The SMILES string of the molecule is CCNCC1CCC(C)CC1C1CCOCC1. The highest BCUT2D eigenvalue weighted by Gasteiger charge is 2.34. The Hall–Kier alpha value is -0.0800. The minimum Gasteiger partial charge on any atom is -0.381 e. The van der Waals surface area contributed by atoms with Gasteiger partial charge < -0.3 is 10.1 Å². The van der Waals surface area contributed by atoms with Crippen LogP contribution in [0, 0.1) is 23.7 Å². The Morgan fingerprint density at radius 2 is 1.88 bits per heavy atom. The molecule has 17 heavy (non-hydrogen) atoms. The van der Waals surface area contributed by atoms with Crippen LogP contribution in [0.25, 0.3) is 0 Å². The first-order valence-electron chi connectivity index (χ1n) is 7.59. The number of rotatable bonds is 4. The van der Waals surface area contributed by atoms with Crippen LogP contribution in [0.5, 0.6) is 0 Å². The summed E-state index contributed by atoms with van der Waals surface area (Å²) in [7, 11) is 0. The highest BCUT2D eigenvalue weighted by Crippen LogP contribution is 2.41. The van der Waals surface area contributed by atoms with E-state index in [2.05, 4.69) is 19.2 Å². The molecule has 1 saturated carbocycles. The first kappa shape index (κ1) is 13.4. The number of hydrogen-bond donors (Lipinski definition) is 1. The molecule has 1 aliphatic carbocycles. The molecule has 0 bridgehead atoms. The highest BCUT2D eigenvalue weighted by atomic mass is 16.5. The lowest BCUT2D eigenvalue weighted by atomic mass is 9.67. The van der Waals surface area contributed by atoms with Gasteiger partial charge in [-0.2, -0.15) is 0 Å². The van der Waals surface area contributed by atoms with Crippen molar-refractivity contribution in [2.45, 2.75) is 46.0 Å². The van der Waals surface area contributed by atoms with E-state index < -0.39 is 0 Å². The van der Waals surface area contributed by atoms with Crippen molar-refractivity contribution < 1.29 is 4.74 Å². The van der Waals surface area contributed by atoms with Gasteiger partial charge >= 0.3 is 0 Å². The molecule has 2 fully saturated rings. The van der Waals surface area contributed by atoms with E-state index in [0.29, 0.717) is 0 Å². The summed E-state index contributed by atoms with van der Waals surface area (Å²) in [6.07, 6.45) is 6.95. The standard InChI is InChI=1S/C15H29NO/c1-3-16-11-14-5-4-12(2)10-15(14)13-6-8-17-9-7-13/h12-16H,3-11H2,1-2H3. The van der Waals surface area contributed by atoms with E-state index in [1.165, 1.54) is 38.6 Å². The van der Waals surface area contributed by atoms with Crippen molar-refractivity contribution >= 4 is 0 Å². The molecule has 1 heterocycles. The third kappa shape index (κ3) is 3.69. The van der Waals surface area contributed by atoms with E-state index in [1.54, 1.807) is 0 Å².